The molecule has 0 aromatic heterocycles. The lowest BCUT2D eigenvalue weighted by Gasteiger charge is -2.37. The Hall–Kier alpha value is -1.04. The fraction of sp³-hybridized carbons (Fsp3) is 0.727. The number of unbranched alkanes of at least 4 members (excludes halogenated alkanes) is 1. The van der Waals surface area contributed by atoms with E-state index in [-0.39, 0.29) is 24.4 Å². The van der Waals surface area contributed by atoms with Gasteiger partial charge in [0.15, 0.2) is 6.29 Å². The van der Waals surface area contributed by atoms with Crippen molar-refractivity contribution in [3.63, 3.8) is 0 Å². The van der Waals surface area contributed by atoms with Gasteiger partial charge in [-0.15, -0.1) is 0 Å². The zero-order valence-electron chi connectivity index (χ0n) is 16.5. The van der Waals surface area contributed by atoms with E-state index in [1.165, 1.54) is 38.5 Å². The van der Waals surface area contributed by atoms with Crippen molar-refractivity contribution in [2.75, 3.05) is 20.3 Å². The third-order valence-corrected chi connectivity index (χ3v) is 6.04. The molecule has 0 spiro atoms. The molecule has 1 aromatic carbocycles. The van der Waals surface area contributed by atoms with Crippen LogP contribution in [0.1, 0.15) is 68.9 Å². The quantitative estimate of drug-likeness (QED) is 0.617. The fourth-order valence-electron chi connectivity index (χ4n) is 4.35. The Morgan fingerprint density at radius 3 is 2.22 bits per heavy atom. The molecule has 0 atom stereocenters. The van der Waals surface area contributed by atoms with Gasteiger partial charge in [-0.05, 0) is 55.7 Å². The number of hydrogen-bond acceptors (Lipinski definition) is 3. The van der Waals surface area contributed by atoms with Gasteiger partial charge >= 0.3 is 0 Å². The Kier molecular flexibility index (Phi) is 7.62. The minimum absolute atomic E-state index is 0.0107. The van der Waals surface area contributed by atoms with Gasteiger partial charge in [-0.3, -0.25) is 0 Å². The second kappa shape index (κ2) is 9.94. The molecule has 0 bridgehead atoms. The van der Waals surface area contributed by atoms with Crippen molar-refractivity contribution in [1.82, 2.24) is 0 Å². The number of hydrogen-bond donors (Lipinski definition) is 0. The third kappa shape index (κ3) is 5.27. The van der Waals surface area contributed by atoms with Gasteiger partial charge in [-0.2, -0.15) is 0 Å². The fourth-order valence-corrected chi connectivity index (χ4v) is 4.35. The average molecular weight is 382 g/mol. The second-order valence-corrected chi connectivity index (χ2v) is 8.05. The molecular formula is C22H32F2O3. The number of ether oxygens (including phenoxy) is 3. The summed E-state index contributed by atoms with van der Waals surface area (Å²) in [5.74, 6) is 0.0877. The van der Waals surface area contributed by atoms with Crippen LogP contribution in [0.4, 0.5) is 8.78 Å². The summed E-state index contributed by atoms with van der Waals surface area (Å²) in [5.41, 5.74) is 0.769. The molecule has 3 nitrogen and oxygen atoms in total. The number of halogens is 2. The van der Waals surface area contributed by atoms with E-state index in [0.29, 0.717) is 11.8 Å². The average Bonchev–Trinajstić information content (AvgIpc) is 2.69. The lowest BCUT2D eigenvalue weighted by Crippen LogP contribution is -2.38. The highest BCUT2D eigenvalue weighted by Crippen LogP contribution is 2.39. The molecule has 5 heteroatoms. The Balaban J connectivity index is 1.51. The molecule has 1 aromatic rings. The molecule has 3 rings (SSSR count). The lowest BCUT2D eigenvalue weighted by molar-refractivity contribution is -0.229. The molecule has 0 amide bonds. The third-order valence-electron chi connectivity index (χ3n) is 6.04. The van der Waals surface area contributed by atoms with Crippen LogP contribution in [0.25, 0.3) is 0 Å². The van der Waals surface area contributed by atoms with Gasteiger partial charge in [0.25, 0.3) is 0 Å². The van der Waals surface area contributed by atoms with E-state index < -0.39 is 11.6 Å². The zero-order valence-corrected chi connectivity index (χ0v) is 16.5. The summed E-state index contributed by atoms with van der Waals surface area (Å²) in [4.78, 5) is 0. The molecule has 1 aliphatic carbocycles. The smallest absolute Gasteiger partial charge is 0.160 e. The highest BCUT2D eigenvalue weighted by Gasteiger charge is 2.33. The maximum Gasteiger partial charge on any atom is 0.160 e. The van der Waals surface area contributed by atoms with Crippen molar-refractivity contribution in [3.8, 4) is 0 Å². The van der Waals surface area contributed by atoms with Gasteiger partial charge in [-0.25, -0.2) is 8.78 Å². The zero-order chi connectivity index (χ0) is 19.2. The SMILES string of the molecule is CCCCC1COC(C2CCC(c3cc(F)c(COC)c(F)c3)CC2)OC1. The van der Waals surface area contributed by atoms with Crippen molar-refractivity contribution in [2.24, 2.45) is 11.8 Å². The van der Waals surface area contributed by atoms with E-state index in [1.807, 2.05) is 0 Å². The normalized spacial score (nSPS) is 29.0. The van der Waals surface area contributed by atoms with E-state index in [0.717, 1.165) is 44.5 Å². The molecular weight excluding hydrogens is 350 g/mol. The van der Waals surface area contributed by atoms with Crippen molar-refractivity contribution in [1.29, 1.82) is 0 Å². The van der Waals surface area contributed by atoms with E-state index in [4.69, 9.17) is 14.2 Å². The molecule has 0 unspecified atom stereocenters. The molecule has 2 fully saturated rings. The molecule has 1 saturated carbocycles. The first kappa shape index (κ1) is 20.7. The molecule has 1 heterocycles. The van der Waals surface area contributed by atoms with Gasteiger partial charge in [-0.1, -0.05) is 19.8 Å². The summed E-state index contributed by atoms with van der Waals surface area (Å²) in [6, 6.07) is 2.96. The summed E-state index contributed by atoms with van der Waals surface area (Å²) in [5, 5.41) is 0. The molecule has 0 N–H and O–H groups in total. The Morgan fingerprint density at radius 1 is 1.04 bits per heavy atom. The summed E-state index contributed by atoms with van der Waals surface area (Å²) in [6.07, 6.45) is 7.26. The topological polar surface area (TPSA) is 27.7 Å². The molecule has 0 radical (unpaired) electrons. The highest BCUT2D eigenvalue weighted by molar-refractivity contribution is 5.28. The first-order valence-corrected chi connectivity index (χ1v) is 10.3. The summed E-state index contributed by atoms with van der Waals surface area (Å²) in [6.45, 7) is 3.75. The predicted molar refractivity (Wildman–Crippen MR) is 100 cm³/mol. The highest BCUT2D eigenvalue weighted by atomic mass is 19.1. The maximum absolute atomic E-state index is 14.2. The maximum atomic E-state index is 14.2. The molecule has 152 valence electrons. The predicted octanol–water partition coefficient (Wildman–Crippen LogP) is 5.56. The van der Waals surface area contributed by atoms with Gasteiger partial charge in [0.05, 0.1) is 19.8 Å². The van der Waals surface area contributed by atoms with Crippen molar-refractivity contribution in [2.45, 2.75) is 70.7 Å². The summed E-state index contributed by atoms with van der Waals surface area (Å²) < 4.78 is 45.2. The standard InChI is InChI=1S/C22H32F2O3/c1-3-4-5-15-12-26-22(27-13-15)17-8-6-16(7-9-17)18-10-20(23)19(14-25-2)21(24)11-18/h10-11,15-17,22H,3-9,12-14H2,1-2H3. The molecule has 27 heavy (non-hydrogen) atoms. The van der Waals surface area contributed by atoms with Gasteiger partial charge in [0.2, 0.25) is 0 Å². The van der Waals surface area contributed by atoms with Gasteiger partial charge in [0, 0.05) is 24.5 Å². The Morgan fingerprint density at radius 2 is 1.67 bits per heavy atom. The molecule has 2 aliphatic rings. The summed E-state index contributed by atoms with van der Waals surface area (Å²) in [7, 11) is 1.44. The summed E-state index contributed by atoms with van der Waals surface area (Å²) >= 11 is 0. The lowest BCUT2D eigenvalue weighted by atomic mass is 9.78. The van der Waals surface area contributed by atoms with E-state index in [1.54, 1.807) is 0 Å². The van der Waals surface area contributed by atoms with E-state index in [2.05, 4.69) is 6.92 Å². The number of methoxy groups -OCH3 is 1. The first-order valence-electron chi connectivity index (χ1n) is 10.3. The second-order valence-electron chi connectivity index (χ2n) is 8.05. The van der Waals surface area contributed by atoms with Crippen LogP contribution < -0.4 is 0 Å². The number of rotatable bonds is 7. The van der Waals surface area contributed by atoms with Crippen LogP contribution in [0, 0.1) is 23.5 Å². The van der Waals surface area contributed by atoms with Crippen molar-refractivity contribution >= 4 is 0 Å². The van der Waals surface area contributed by atoms with Gasteiger partial charge in [0.1, 0.15) is 11.6 Å². The number of benzene rings is 1. The van der Waals surface area contributed by atoms with Gasteiger partial charge < -0.3 is 14.2 Å². The van der Waals surface area contributed by atoms with Crippen LogP contribution in [-0.4, -0.2) is 26.6 Å². The van der Waals surface area contributed by atoms with Crippen LogP contribution in [0.5, 0.6) is 0 Å². The van der Waals surface area contributed by atoms with Crippen LogP contribution in [0.15, 0.2) is 12.1 Å². The minimum Gasteiger partial charge on any atom is -0.380 e. The Bertz CT molecular complexity index is 568. The van der Waals surface area contributed by atoms with Crippen LogP contribution in [-0.2, 0) is 20.8 Å². The molecule has 1 aliphatic heterocycles. The van der Waals surface area contributed by atoms with Crippen LogP contribution in [0.2, 0.25) is 0 Å². The van der Waals surface area contributed by atoms with Crippen LogP contribution >= 0.6 is 0 Å². The van der Waals surface area contributed by atoms with Crippen molar-refractivity contribution in [3.05, 3.63) is 34.9 Å². The van der Waals surface area contributed by atoms with Crippen molar-refractivity contribution < 1.29 is 23.0 Å². The van der Waals surface area contributed by atoms with E-state index in [9.17, 15) is 8.78 Å². The van der Waals surface area contributed by atoms with E-state index >= 15 is 0 Å². The minimum atomic E-state index is -0.508. The Labute approximate surface area is 161 Å². The van der Waals surface area contributed by atoms with Crippen LogP contribution in [0.3, 0.4) is 0 Å². The largest absolute Gasteiger partial charge is 0.380 e. The molecule has 1 saturated heterocycles. The first-order chi connectivity index (χ1) is 13.1. The monoisotopic (exact) mass is 382 g/mol.